The summed E-state index contributed by atoms with van der Waals surface area (Å²) in [5.74, 6) is -0.585. The Labute approximate surface area is 80.1 Å². The highest BCUT2D eigenvalue weighted by Gasteiger charge is 2.20. The molecule has 1 aromatic heterocycles. The molecule has 0 unspecified atom stereocenters. The summed E-state index contributed by atoms with van der Waals surface area (Å²) in [4.78, 5) is 26.0. The molecule has 2 heterocycles. The number of rotatable bonds is 1. The predicted molar refractivity (Wildman–Crippen MR) is 47.9 cm³/mol. The summed E-state index contributed by atoms with van der Waals surface area (Å²) in [5, 5.41) is 2.63. The maximum absolute atomic E-state index is 11.1. The number of ether oxygens (including phenoxy) is 1. The molecule has 2 rings (SSSR count). The second-order valence-corrected chi connectivity index (χ2v) is 2.94. The molecule has 1 aromatic rings. The second kappa shape index (κ2) is 3.10. The molecule has 5 nitrogen and oxygen atoms in total. The fourth-order valence-corrected chi connectivity index (χ4v) is 1.32. The van der Waals surface area contributed by atoms with Gasteiger partial charge in [0.25, 0.3) is 0 Å². The van der Waals surface area contributed by atoms with Crippen LogP contribution in [-0.2, 0) is 16.0 Å². The summed E-state index contributed by atoms with van der Waals surface area (Å²) in [6, 6.07) is 1.52. The van der Waals surface area contributed by atoms with E-state index in [1.807, 2.05) is 0 Å². The third-order valence-electron chi connectivity index (χ3n) is 2.01. The minimum Gasteiger partial charge on any atom is -0.464 e. The molecule has 1 N–H and O–H groups in total. The summed E-state index contributed by atoms with van der Waals surface area (Å²) in [5.41, 5.74) is 1.65. The molecule has 14 heavy (non-hydrogen) atoms. The van der Waals surface area contributed by atoms with Crippen LogP contribution in [0.1, 0.15) is 16.1 Å². The standard InChI is InChI=1S/C9H8N2O3/c1-14-9(13)7-3-6-5(4-10-7)2-8(12)11-6/h3-4H,2H2,1H3,(H,11,12). The monoisotopic (exact) mass is 192 g/mol. The van der Waals surface area contributed by atoms with Crippen LogP contribution in [0.5, 0.6) is 0 Å². The first-order valence-corrected chi connectivity index (χ1v) is 4.08. The molecule has 0 bridgehead atoms. The lowest BCUT2D eigenvalue weighted by molar-refractivity contribution is -0.115. The quantitative estimate of drug-likeness (QED) is 0.652. The lowest BCUT2D eigenvalue weighted by Gasteiger charge is -2.00. The fraction of sp³-hybridized carbons (Fsp3) is 0.222. The van der Waals surface area contributed by atoms with Crippen molar-refractivity contribution in [3.05, 3.63) is 23.5 Å². The SMILES string of the molecule is COC(=O)c1cc2c(cn1)CC(=O)N2. The van der Waals surface area contributed by atoms with Gasteiger partial charge >= 0.3 is 5.97 Å². The van der Waals surface area contributed by atoms with Gasteiger partial charge in [0.15, 0.2) is 0 Å². The van der Waals surface area contributed by atoms with E-state index in [-0.39, 0.29) is 11.6 Å². The number of hydrogen-bond donors (Lipinski definition) is 1. The molecule has 5 heteroatoms. The van der Waals surface area contributed by atoms with Crippen molar-refractivity contribution in [1.82, 2.24) is 4.98 Å². The van der Waals surface area contributed by atoms with Gasteiger partial charge in [0, 0.05) is 17.4 Å². The van der Waals surface area contributed by atoms with Gasteiger partial charge < -0.3 is 10.1 Å². The van der Waals surface area contributed by atoms with Crippen LogP contribution >= 0.6 is 0 Å². The molecule has 0 aromatic carbocycles. The first kappa shape index (κ1) is 8.68. The van der Waals surface area contributed by atoms with Crippen molar-refractivity contribution in [3.8, 4) is 0 Å². The van der Waals surface area contributed by atoms with Crippen molar-refractivity contribution in [1.29, 1.82) is 0 Å². The molecule has 0 saturated heterocycles. The largest absolute Gasteiger partial charge is 0.464 e. The van der Waals surface area contributed by atoms with Gasteiger partial charge in [-0.25, -0.2) is 9.78 Å². The molecular weight excluding hydrogens is 184 g/mol. The topological polar surface area (TPSA) is 68.3 Å². The number of nitrogens with one attached hydrogen (secondary N) is 1. The summed E-state index contributed by atoms with van der Waals surface area (Å²) in [7, 11) is 1.29. The third kappa shape index (κ3) is 1.32. The van der Waals surface area contributed by atoms with Crippen LogP contribution in [0.4, 0.5) is 5.69 Å². The molecule has 0 radical (unpaired) electrons. The van der Waals surface area contributed by atoms with Crippen molar-refractivity contribution >= 4 is 17.6 Å². The fourth-order valence-electron chi connectivity index (χ4n) is 1.32. The minimum absolute atomic E-state index is 0.0798. The molecule has 0 saturated carbocycles. The van der Waals surface area contributed by atoms with E-state index in [1.165, 1.54) is 19.4 Å². The van der Waals surface area contributed by atoms with Crippen molar-refractivity contribution in [2.75, 3.05) is 12.4 Å². The normalized spacial score (nSPS) is 13.4. The van der Waals surface area contributed by atoms with Gasteiger partial charge in [-0.2, -0.15) is 0 Å². The molecule has 0 spiro atoms. The number of esters is 1. The van der Waals surface area contributed by atoms with E-state index in [0.717, 1.165) is 5.56 Å². The van der Waals surface area contributed by atoms with Crippen molar-refractivity contribution < 1.29 is 14.3 Å². The van der Waals surface area contributed by atoms with E-state index in [0.29, 0.717) is 12.1 Å². The Bertz CT molecular complexity index is 415. The molecule has 1 aliphatic rings. The van der Waals surface area contributed by atoms with Crippen LogP contribution in [-0.4, -0.2) is 24.0 Å². The third-order valence-corrected chi connectivity index (χ3v) is 2.01. The maximum Gasteiger partial charge on any atom is 0.356 e. The van der Waals surface area contributed by atoms with Crippen LogP contribution in [0, 0.1) is 0 Å². The highest BCUT2D eigenvalue weighted by Crippen LogP contribution is 2.22. The predicted octanol–water partition coefficient (Wildman–Crippen LogP) is 0.363. The zero-order chi connectivity index (χ0) is 10.1. The van der Waals surface area contributed by atoms with Crippen LogP contribution < -0.4 is 5.32 Å². The first-order chi connectivity index (χ1) is 6.70. The molecule has 0 fully saturated rings. The first-order valence-electron chi connectivity index (χ1n) is 4.08. The van der Waals surface area contributed by atoms with E-state index in [9.17, 15) is 9.59 Å². The molecule has 0 atom stereocenters. The Balaban J connectivity index is 2.37. The van der Waals surface area contributed by atoms with Gasteiger partial charge in [0.2, 0.25) is 5.91 Å². The number of nitrogens with zero attached hydrogens (tertiary/aromatic N) is 1. The van der Waals surface area contributed by atoms with E-state index < -0.39 is 5.97 Å². The van der Waals surface area contributed by atoms with Crippen LogP contribution in [0.25, 0.3) is 0 Å². The van der Waals surface area contributed by atoms with Gasteiger partial charge in [0.1, 0.15) is 5.69 Å². The number of fused-ring (bicyclic) bond motifs is 1. The number of anilines is 1. The summed E-state index contributed by atoms with van der Waals surface area (Å²) in [6.07, 6.45) is 1.84. The van der Waals surface area contributed by atoms with Gasteiger partial charge in [-0.05, 0) is 6.07 Å². The summed E-state index contributed by atoms with van der Waals surface area (Å²) < 4.78 is 4.51. The highest BCUT2D eigenvalue weighted by molar-refractivity contribution is 6.00. The van der Waals surface area contributed by atoms with Gasteiger partial charge in [-0.15, -0.1) is 0 Å². The average Bonchev–Trinajstić information content (AvgIpc) is 2.55. The summed E-state index contributed by atoms with van der Waals surface area (Å²) in [6.45, 7) is 0. The zero-order valence-electron chi connectivity index (χ0n) is 7.53. The van der Waals surface area contributed by atoms with Crippen molar-refractivity contribution in [2.24, 2.45) is 0 Å². The summed E-state index contributed by atoms with van der Waals surface area (Å²) >= 11 is 0. The van der Waals surface area contributed by atoms with Crippen molar-refractivity contribution in [2.45, 2.75) is 6.42 Å². The lowest BCUT2D eigenvalue weighted by Crippen LogP contribution is -2.05. The maximum atomic E-state index is 11.1. The lowest BCUT2D eigenvalue weighted by atomic mass is 10.2. The number of hydrogen-bond acceptors (Lipinski definition) is 4. The molecule has 0 aliphatic carbocycles. The van der Waals surface area contributed by atoms with Crippen LogP contribution in [0.15, 0.2) is 12.3 Å². The molecule has 1 aliphatic heterocycles. The molecular formula is C9H8N2O3. The number of carbonyl (C=O) groups is 2. The molecule has 72 valence electrons. The number of methoxy groups -OCH3 is 1. The van der Waals surface area contributed by atoms with Crippen LogP contribution in [0.2, 0.25) is 0 Å². The van der Waals surface area contributed by atoms with Crippen molar-refractivity contribution in [3.63, 3.8) is 0 Å². The Hall–Kier alpha value is -1.91. The van der Waals surface area contributed by atoms with E-state index >= 15 is 0 Å². The number of aromatic nitrogens is 1. The smallest absolute Gasteiger partial charge is 0.356 e. The van der Waals surface area contributed by atoms with Gasteiger partial charge in [-0.1, -0.05) is 0 Å². The highest BCUT2D eigenvalue weighted by atomic mass is 16.5. The number of carbonyl (C=O) groups excluding carboxylic acids is 2. The van der Waals surface area contributed by atoms with Crippen LogP contribution in [0.3, 0.4) is 0 Å². The minimum atomic E-state index is -0.506. The average molecular weight is 192 g/mol. The van der Waals surface area contributed by atoms with Gasteiger partial charge in [0.05, 0.1) is 13.5 Å². The number of pyridine rings is 1. The van der Waals surface area contributed by atoms with E-state index in [1.54, 1.807) is 0 Å². The Morgan fingerprint density at radius 2 is 2.43 bits per heavy atom. The van der Waals surface area contributed by atoms with Gasteiger partial charge in [-0.3, -0.25) is 4.79 Å². The Morgan fingerprint density at radius 3 is 3.14 bits per heavy atom. The van der Waals surface area contributed by atoms with E-state index in [2.05, 4.69) is 15.0 Å². The Kier molecular flexibility index (Phi) is 1.92. The second-order valence-electron chi connectivity index (χ2n) is 2.94. The Morgan fingerprint density at radius 1 is 1.64 bits per heavy atom. The van der Waals surface area contributed by atoms with E-state index in [4.69, 9.17) is 0 Å². The zero-order valence-corrected chi connectivity index (χ0v) is 7.53. The number of amides is 1. The molecule has 1 amide bonds.